The summed E-state index contributed by atoms with van der Waals surface area (Å²) < 4.78 is 0. The molecule has 2 rings (SSSR count). The molecule has 1 N–H and O–H groups in total. The van der Waals surface area contributed by atoms with Gasteiger partial charge in [-0.15, -0.1) is 0 Å². The summed E-state index contributed by atoms with van der Waals surface area (Å²) in [5, 5.41) is 4.66. The molecule has 0 radical (unpaired) electrons. The number of nitrogens with one attached hydrogen (secondary N) is 1. The lowest BCUT2D eigenvalue weighted by Gasteiger charge is -2.37. The van der Waals surface area contributed by atoms with Crippen molar-refractivity contribution in [2.24, 2.45) is 11.8 Å². The molecule has 1 aromatic rings. The van der Waals surface area contributed by atoms with Gasteiger partial charge in [0, 0.05) is 17.1 Å². The second-order valence-electron chi connectivity index (χ2n) is 6.24. The van der Waals surface area contributed by atoms with Crippen molar-refractivity contribution in [3.8, 4) is 0 Å². The highest BCUT2D eigenvalue weighted by atomic mass is 35.5. The fourth-order valence-corrected chi connectivity index (χ4v) is 3.46. The quantitative estimate of drug-likeness (QED) is 0.798. The minimum absolute atomic E-state index is 0.404. The van der Waals surface area contributed by atoms with Crippen molar-refractivity contribution in [2.45, 2.75) is 58.5 Å². The highest BCUT2D eigenvalue weighted by molar-refractivity contribution is 6.30. The molecule has 0 heterocycles. The van der Waals surface area contributed by atoms with Crippen LogP contribution < -0.4 is 5.32 Å². The molecule has 1 aromatic carbocycles. The monoisotopic (exact) mass is 279 g/mol. The van der Waals surface area contributed by atoms with Crippen LogP contribution in [0.15, 0.2) is 24.3 Å². The van der Waals surface area contributed by atoms with E-state index in [0.29, 0.717) is 12.1 Å². The van der Waals surface area contributed by atoms with Crippen LogP contribution in [-0.4, -0.2) is 6.04 Å². The predicted molar refractivity (Wildman–Crippen MR) is 83.6 cm³/mol. The summed E-state index contributed by atoms with van der Waals surface area (Å²) in [4.78, 5) is 0. The molecule has 0 saturated heterocycles. The maximum atomic E-state index is 5.95. The third-order valence-electron chi connectivity index (χ3n) is 4.51. The van der Waals surface area contributed by atoms with Gasteiger partial charge in [-0.1, -0.05) is 50.4 Å². The zero-order chi connectivity index (χ0) is 13.8. The largest absolute Gasteiger partial charge is 0.307 e. The van der Waals surface area contributed by atoms with Crippen LogP contribution in [0.25, 0.3) is 0 Å². The van der Waals surface area contributed by atoms with E-state index in [9.17, 15) is 0 Å². The van der Waals surface area contributed by atoms with Crippen molar-refractivity contribution >= 4 is 11.6 Å². The number of hydrogen-bond donors (Lipinski definition) is 1. The molecular formula is C17H26ClN. The average Bonchev–Trinajstić information content (AvgIpc) is 2.39. The van der Waals surface area contributed by atoms with Crippen LogP contribution in [-0.2, 0) is 0 Å². The van der Waals surface area contributed by atoms with E-state index in [2.05, 4.69) is 38.2 Å². The molecule has 19 heavy (non-hydrogen) atoms. The van der Waals surface area contributed by atoms with Gasteiger partial charge in [0.05, 0.1) is 0 Å². The lowest BCUT2D eigenvalue weighted by atomic mass is 9.77. The Balaban J connectivity index is 2.00. The topological polar surface area (TPSA) is 12.0 Å². The van der Waals surface area contributed by atoms with E-state index in [-0.39, 0.29) is 0 Å². The van der Waals surface area contributed by atoms with Gasteiger partial charge in [-0.25, -0.2) is 0 Å². The second kappa shape index (κ2) is 6.76. The maximum Gasteiger partial charge on any atom is 0.0406 e. The Morgan fingerprint density at radius 1 is 1.05 bits per heavy atom. The Hall–Kier alpha value is -0.530. The smallest absolute Gasteiger partial charge is 0.0406 e. The van der Waals surface area contributed by atoms with Crippen LogP contribution in [0.1, 0.15) is 58.1 Å². The van der Waals surface area contributed by atoms with E-state index >= 15 is 0 Å². The maximum absolute atomic E-state index is 5.95. The Bertz CT molecular complexity index is 385. The third-order valence-corrected chi connectivity index (χ3v) is 4.76. The Labute approximate surface area is 122 Å². The van der Waals surface area contributed by atoms with Gasteiger partial charge in [0.2, 0.25) is 0 Å². The first-order chi connectivity index (χ1) is 9.08. The molecule has 2 unspecified atom stereocenters. The first-order valence-electron chi connectivity index (χ1n) is 7.59. The molecule has 1 aliphatic carbocycles. The van der Waals surface area contributed by atoms with Gasteiger partial charge >= 0.3 is 0 Å². The van der Waals surface area contributed by atoms with Gasteiger partial charge in [0.15, 0.2) is 0 Å². The van der Waals surface area contributed by atoms with Crippen LogP contribution in [0.4, 0.5) is 0 Å². The molecule has 1 aliphatic rings. The zero-order valence-electron chi connectivity index (χ0n) is 12.3. The lowest BCUT2D eigenvalue weighted by Crippen LogP contribution is -2.42. The van der Waals surface area contributed by atoms with Crippen molar-refractivity contribution in [3.05, 3.63) is 34.9 Å². The van der Waals surface area contributed by atoms with Crippen LogP contribution >= 0.6 is 11.6 Å². The Morgan fingerprint density at radius 3 is 2.32 bits per heavy atom. The SMILES string of the molecule is CC(C)C1CCCCC1N[C@@H](C)c1ccc(Cl)cc1. The standard InChI is InChI=1S/C17H26ClN/c1-12(2)16-6-4-5-7-17(16)19-13(3)14-8-10-15(18)11-9-14/h8-13,16-17,19H,4-7H2,1-3H3/t13-,16?,17?/m0/s1. The van der Waals surface area contributed by atoms with Gasteiger partial charge in [0.25, 0.3) is 0 Å². The molecule has 0 aliphatic heterocycles. The van der Waals surface area contributed by atoms with Gasteiger partial charge in [-0.05, 0) is 49.3 Å². The number of rotatable bonds is 4. The van der Waals surface area contributed by atoms with Crippen LogP contribution in [0.5, 0.6) is 0 Å². The van der Waals surface area contributed by atoms with Crippen molar-refractivity contribution < 1.29 is 0 Å². The van der Waals surface area contributed by atoms with E-state index in [0.717, 1.165) is 16.9 Å². The lowest BCUT2D eigenvalue weighted by molar-refractivity contribution is 0.195. The fraction of sp³-hybridized carbons (Fsp3) is 0.647. The first-order valence-corrected chi connectivity index (χ1v) is 7.97. The van der Waals surface area contributed by atoms with Gasteiger partial charge in [-0.3, -0.25) is 0 Å². The fourth-order valence-electron chi connectivity index (χ4n) is 3.33. The molecule has 0 aromatic heterocycles. The minimum Gasteiger partial charge on any atom is -0.307 e. The molecule has 0 amide bonds. The van der Waals surface area contributed by atoms with E-state index < -0.39 is 0 Å². The van der Waals surface area contributed by atoms with Crippen molar-refractivity contribution in [3.63, 3.8) is 0 Å². The molecule has 0 spiro atoms. The highest BCUT2D eigenvalue weighted by Crippen LogP contribution is 2.31. The van der Waals surface area contributed by atoms with Crippen LogP contribution in [0, 0.1) is 11.8 Å². The molecule has 1 nitrogen and oxygen atoms in total. The molecule has 1 fully saturated rings. The summed E-state index contributed by atoms with van der Waals surface area (Å²) >= 11 is 5.95. The Morgan fingerprint density at radius 2 is 1.68 bits per heavy atom. The highest BCUT2D eigenvalue weighted by Gasteiger charge is 2.28. The van der Waals surface area contributed by atoms with E-state index in [4.69, 9.17) is 11.6 Å². The Kier molecular flexibility index (Phi) is 5.29. The zero-order valence-corrected chi connectivity index (χ0v) is 13.1. The van der Waals surface area contributed by atoms with E-state index in [1.165, 1.54) is 31.2 Å². The molecule has 2 heteroatoms. The van der Waals surface area contributed by atoms with Crippen molar-refractivity contribution in [1.82, 2.24) is 5.32 Å². The number of benzene rings is 1. The molecule has 1 saturated carbocycles. The van der Waals surface area contributed by atoms with Crippen molar-refractivity contribution in [1.29, 1.82) is 0 Å². The number of hydrogen-bond acceptors (Lipinski definition) is 1. The summed E-state index contributed by atoms with van der Waals surface area (Å²) in [7, 11) is 0. The van der Waals surface area contributed by atoms with Gasteiger partial charge < -0.3 is 5.32 Å². The van der Waals surface area contributed by atoms with Gasteiger partial charge in [0.1, 0.15) is 0 Å². The van der Waals surface area contributed by atoms with Crippen LogP contribution in [0.2, 0.25) is 5.02 Å². The minimum atomic E-state index is 0.404. The van der Waals surface area contributed by atoms with Gasteiger partial charge in [-0.2, -0.15) is 0 Å². The molecule has 0 bridgehead atoms. The second-order valence-corrected chi connectivity index (χ2v) is 6.68. The summed E-state index contributed by atoms with van der Waals surface area (Å²) in [6.07, 6.45) is 5.47. The third kappa shape index (κ3) is 3.97. The van der Waals surface area contributed by atoms with E-state index in [1.807, 2.05) is 12.1 Å². The summed E-state index contributed by atoms with van der Waals surface area (Å²) in [5.41, 5.74) is 1.33. The molecule has 106 valence electrons. The predicted octanol–water partition coefficient (Wildman–Crippen LogP) is 5.21. The van der Waals surface area contributed by atoms with Crippen LogP contribution in [0.3, 0.4) is 0 Å². The normalized spacial score (nSPS) is 25.5. The summed E-state index contributed by atoms with van der Waals surface area (Å²) in [6.45, 7) is 6.98. The van der Waals surface area contributed by atoms with E-state index in [1.54, 1.807) is 0 Å². The number of halogens is 1. The summed E-state index contributed by atoms with van der Waals surface area (Å²) in [5.74, 6) is 1.60. The summed E-state index contributed by atoms with van der Waals surface area (Å²) in [6, 6.07) is 9.30. The molecular weight excluding hydrogens is 254 g/mol. The first kappa shape index (κ1) is 14.9. The van der Waals surface area contributed by atoms with Crippen molar-refractivity contribution in [2.75, 3.05) is 0 Å². The average molecular weight is 280 g/mol. The molecule has 3 atom stereocenters.